The van der Waals surface area contributed by atoms with Gasteiger partial charge in [0.15, 0.2) is 6.29 Å². The Morgan fingerprint density at radius 2 is 1.91 bits per heavy atom. The SMILES string of the molecule is CC1=COC(OCC(C)C)CC1c1ccccc1C(C)(C)C. The van der Waals surface area contributed by atoms with Gasteiger partial charge in [0.05, 0.1) is 12.9 Å². The van der Waals surface area contributed by atoms with Crippen molar-refractivity contribution < 1.29 is 9.47 Å². The van der Waals surface area contributed by atoms with Crippen molar-refractivity contribution in [2.75, 3.05) is 6.61 Å². The van der Waals surface area contributed by atoms with Gasteiger partial charge in [-0.25, -0.2) is 0 Å². The van der Waals surface area contributed by atoms with Crippen LogP contribution in [-0.4, -0.2) is 12.9 Å². The van der Waals surface area contributed by atoms with E-state index < -0.39 is 0 Å². The zero-order chi connectivity index (χ0) is 16.3. The molecule has 1 aliphatic rings. The fraction of sp³-hybridized carbons (Fsp3) is 0.600. The molecular formula is C20H30O2. The quantitative estimate of drug-likeness (QED) is 0.742. The van der Waals surface area contributed by atoms with Crippen LogP contribution in [0.2, 0.25) is 0 Å². The number of hydrogen-bond donors (Lipinski definition) is 0. The van der Waals surface area contributed by atoms with Crippen molar-refractivity contribution in [3.63, 3.8) is 0 Å². The Hall–Kier alpha value is -1.28. The van der Waals surface area contributed by atoms with Crippen LogP contribution in [0, 0.1) is 5.92 Å². The number of allylic oxidation sites excluding steroid dienone is 1. The lowest BCUT2D eigenvalue weighted by Gasteiger charge is -2.33. The molecule has 2 atom stereocenters. The largest absolute Gasteiger partial charge is 0.473 e. The third-order valence-electron chi connectivity index (χ3n) is 4.14. The van der Waals surface area contributed by atoms with Gasteiger partial charge in [0.2, 0.25) is 0 Å². The molecule has 0 saturated heterocycles. The highest BCUT2D eigenvalue weighted by molar-refractivity contribution is 5.39. The molecule has 0 bridgehead atoms. The van der Waals surface area contributed by atoms with E-state index in [9.17, 15) is 0 Å². The van der Waals surface area contributed by atoms with Crippen LogP contribution in [0.4, 0.5) is 0 Å². The second-order valence-electron chi connectivity index (χ2n) is 7.78. The molecule has 0 aromatic heterocycles. The normalized spacial score (nSPS) is 22.4. The molecular weight excluding hydrogens is 272 g/mol. The monoisotopic (exact) mass is 302 g/mol. The van der Waals surface area contributed by atoms with Crippen molar-refractivity contribution in [3.05, 3.63) is 47.2 Å². The van der Waals surface area contributed by atoms with Crippen LogP contribution in [0.5, 0.6) is 0 Å². The lowest BCUT2D eigenvalue weighted by Crippen LogP contribution is -2.26. The number of ether oxygens (including phenoxy) is 2. The molecule has 2 unspecified atom stereocenters. The Balaban J connectivity index is 2.24. The summed E-state index contributed by atoms with van der Waals surface area (Å²) in [5.74, 6) is 0.900. The molecule has 0 saturated carbocycles. The minimum Gasteiger partial charge on any atom is -0.473 e. The van der Waals surface area contributed by atoms with Gasteiger partial charge in [0.1, 0.15) is 0 Å². The lowest BCUT2D eigenvalue weighted by atomic mass is 9.77. The van der Waals surface area contributed by atoms with E-state index in [-0.39, 0.29) is 11.7 Å². The molecule has 0 amide bonds. The van der Waals surface area contributed by atoms with Gasteiger partial charge in [-0.05, 0) is 35.0 Å². The van der Waals surface area contributed by atoms with Crippen LogP contribution in [0.15, 0.2) is 36.1 Å². The Morgan fingerprint density at radius 3 is 2.55 bits per heavy atom. The molecule has 0 aliphatic carbocycles. The fourth-order valence-electron chi connectivity index (χ4n) is 2.96. The first-order chi connectivity index (χ1) is 10.3. The van der Waals surface area contributed by atoms with Crippen LogP contribution in [0.25, 0.3) is 0 Å². The molecule has 122 valence electrons. The van der Waals surface area contributed by atoms with E-state index in [4.69, 9.17) is 9.47 Å². The first kappa shape index (κ1) is 17.1. The summed E-state index contributed by atoms with van der Waals surface area (Å²) in [5.41, 5.74) is 4.24. The molecule has 1 heterocycles. The Kier molecular flexibility index (Phi) is 5.33. The predicted molar refractivity (Wildman–Crippen MR) is 91.9 cm³/mol. The average Bonchev–Trinajstić information content (AvgIpc) is 2.45. The Labute approximate surface area is 135 Å². The lowest BCUT2D eigenvalue weighted by molar-refractivity contribution is -0.126. The summed E-state index contributed by atoms with van der Waals surface area (Å²) in [6.45, 7) is 14.0. The topological polar surface area (TPSA) is 18.5 Å². The maximum atomic E-state index is 5.90. The van der Waals surface area contributed by atoms with Gasteiger partial charge >= 0.3 is 0 Å². The average molecular weight is 302 g/mol. The summed E-state index contributed by atoms with van der Waals surface area (Å²) in [5, 5.41) is 0. The van der Waals surface area contributed by atoms with Crippen LogP contribution in [0.1, 0.15) is 65.0 Å². The van der Waals surface area contributed by atoms with Gasteiger partial charge in [0.25, 0.3) is 0 Å². The van der Waals surface area contributed by atoms with Crippen molar-refractivity contribution in [1.29, 1.82) is 0 Å². The third kappa shape index (κ3) is 4.13. The minimum absolute atomic E-state index is 0.135. The molecule has 1 aromatic rings. The highest BCUT2D eigenvalue weighted by Crippen LogP contribution is 2.39. The van der Waals surface area contributed by atoms with Crippen molar-refractivity contribution in [2.45, 2.75) is 65.6 Å². The molecule has 0 spiro atoms. The maximum Gasteiger partial charge on any atom is 0.199 e. The van der Waals surface area contributed by atoms with Crippen LogP contribution >= 0.6 is 0 Å². The van der Waals surface area contributed by atoms with Crippen molar-refractivity contribution in [3.8, 4) is 0 Å². The second-order valence-corrected chi connectivity index (χ2v) is 7.78. The van der Waals surface area contributed by atoms with E-state index in [1.54, 1.807) is 0 Å². The standard InChI is InChI=1S/C20H30O2/c1-14(2)12-21-19-11-17(15(3)13-22-19)16-9-7-8-10-18(16)20(4,5)6/h7-10,13-14,17,19H,11-12H2,1-6H3. The smallest absolute Gasteiger partial charge is 0.199 e. The summed E-state index contributed by atoms with van der Waals surface area (Å²) >= 11 is 0. The molecule has 1 aliphatic heterocycles. The van der Waals surface area contributed by atoms with E-state index in [1.807, 2.05) is 6.26 Å². The molecule has 2 nitrogen and oxygen atoms in total. The van der Waals surface area contributed by atoms with Crippen molar-refractivity contribution in [1.82, 2.24) is 0 Å². The maximum absolute atomic E-state index is 5.90. The van der Waals surface area contributed by atoms with Gasteiger partial charge in [0, 0.05) is 12.3 Å². The summed E-state index contributed by atoms with van der Waals surface area (Å²) in [4.78, 5) is 0. The zero-order valence-electron chi connectivity index (χ0n) is 14.8. The van der Waals surface area contributed by atoms with Crippen LogP contribution in [-0.2, 0) is 14.9 Å². The van der Waals surface area contributed by atoms with E-state index >= 15 is 0 Å². The number of rotatable bonds is 4. The molecule has 0 N–H and O–H groups in total. The molecule has 0 fully saturated rings. The van der Waals surface area contributed by atoms with Gasteiger partial charge in [-0.1, -0.05) is 58.9 Å². The van der Waals surface area contributed by atoms with Gasteiger partial charge in [-0.2, -0.15) is 0 Å². The van der Waals surface area contributed by atoms with E-state index in [0.717, 1.165) is 13.0 Å². The first-order valence-electron chi connectivity index (χ1n) is 8.32. The van der Waals surface area contributed by atoms with Crippen LogP contribution in [0.3, 0.4) is 0 Å². The van der Waals surface area contributed by atoms with Gasteiger partial charge in [-0.15, -0.1) is 0 Å². The van der Waals surface area contributed by atoms with Gasteiger partial charge in [-0.3, -0.25) is 0 Å². The number of benzene rings is 1. The second kappa shape index (κ2) is 6.87. The fourth-order valence-corrected chi connectivity index (χ4v) is 2.96. The van der Waals surface area contributed by atoms with E-state index in [1.165, 1.54) is 16.7 Å². The molecule has 2 heteroatoms. The summed E-state index contributed by atoms with van der Waals surface area (Å²) in [6, 6.07) is 8.78. The molecule has 1 aromatic carbocycles. The van der Waals surface area contributed by atoms with Gasteiger partial charge < -0.3 is 9.47 Å². The number of hydrogen-bond acceptors (Lipinski definition) is 2. The summed E-state index contributed by atoms with van der Waals surface area (Å²) < 4.78 is 11.6. The third-order valence-corrected chi connectivity index (χ3v) is 4.14. The summed E-state index contributed by atoms with van der Waals surface area (Å²) in [6.07, 6.45) is 2.64. The van der Waals surface area contributed by atoms with Crippen LogP contribution < -0.4 is 0 Å². The molecule has 2 rings (SSSR count). The molecule has 22 heavy (non-hydrogen) atoms. The highest BCUT2D eigenvalue weighted by atomic mass is 16.7. The minimum atomic E-state index is -0.135. The molecule has 0 radical (unpaired) electrons. The first-order valence-corrected chi connectivity index (χ1v) is 8.32. The Morgan fingerprint density at radius 1 is 1.23 bits per heavy atom. The van der Waals surface area contributed by atoms with Crippen molar-refractivity contribution >= 4 is 0 Å². The summed E-state index contributed by atoms with van der Waals surface area (Å²) in [7, 11) is 0. The van der Waals surface area contributed by atoms with E-state index in [0.29, 0.717) is 11.8 Å². The zero-order valence-corrected chi connectivity index (χ0v) is 14.8. The predicted octanol–water partition coefficient (Wildman–Crippen LogP) is 5.39. The van der Waals surface area contributed by atoms with Crippen molar-refractivity contribution in [2.24, 2.45) is 5.92 Å². The highest BCUT2D eigenvalue weighted by Gasteiger charge is 2.29. The Bertz CT molecular complexity index is 523. The van der Waals surface area contributed by atoms with E-state index in [2.05, 4.69) is 65.8 Å².